The molecule has 0 aromatic heterocycles. The third-order valence-electron chi connectivity index (χ3n) is 4.57. The monoisotopic (exact) mass is 166 g/mol. The minimum atomic E-state index is 0.839. The van der Waals surface area contributed by atoms with Crippen molar-refractivity contribution in [3.8, 4) is 0 Å². The van der Waals surface area contributed by atoms with E-state index >= 15 is 0 Å². The molecule has 70 valence electrons. The van der Waals surface area contributed by atoms with Crippen molar-refractivity contribution >= 4 is 0 Å². The lowest BCUT2D eigenvalue weighted by Crippen LogP contribution is -2.13. The van der Waals surface area contributed by atoms with Crippen molar-refractivity contribution in [1.82, 2.24) is 0 Å². The van der Waals surface area contributed by atoms with Crippen LogP contribution in [0.2, 0.25) is 0 Å². The lowest BCUT2D eigenvalue weighted by atomic mass is 9.83. The minimum Gasteiger partial charge on any atom is -0.0651 e. The first-order valence-electron chi connectivity index (χ1n) is 5.79. The normalized spacial score (nSPS) is 43.0. The molecule has 0 heteroatoms. The smallest absolute Gasteiger partial charge is 0.0241 e. The molecule has 2 saturated carbocycles. The Morgan fingerprint density at radius 3 is 2.92 bits per heavy atom. The van der Waals surface area contributed by atoms with Crippen LogP contribution in [0, 0.1) is 17.3 Å². The number of hydrogen-bond donors (Lipinski definition) is 0. The first-order valence-corrected chi connectivity index (χ1v) is 5.79. The molecule has 0 aromatic rings. The van der Waals surface area contributed by atoms with Gasteiger partial charge < -0.3 is 0 Å². The van der Waals surface area contributed by atoms with Crippen molar-refractivity contribution in [2.75, 3.05) is 0 Å². The molecule has 2 fully saturated rings. The van der Waals surface area contributed by atoms with Crippen molar-refractivity contribution < 1.29 is 0 Å². The second-order valence-corrected chi connectivity index (χ2v) is 5.04. The van der Waals surface area contributed by atoms with Gasteiger partial charge >= 0.3 is 0 Å². The standard InChI is InChI=1S/C12H22/c1-3-10(2)12-8-6-4-5-7-11(12)9-12/h10-11H,3-9H2,1-2H3. The maximum atomic E-state index is 2.48. The summed E-state index contributed by atoms with van der Waals surface area (Å²) >= 11 is 0. The molecule has 0 N–H and O–H groups in total. The van der Waals surface area contributed by atoms with Crippen LogP contribution < -0.4 is 0 Å². The number of rotatable bonds is 2. The zero-order valence-corrected chi connectivity index (χ0v) is 8.60. The van der Waals surface area contributed by atoms with Crippen LogP contribution in [-0.4, -0.2) is 0 Å². The fourth-order valence-electron chi connectivity index (χ4n) is 3.37. The van der Waals surface area contributed by atoms with Crippen LogP contribution in [0.25, 0.3) is 0 Å². The van der Waals surface area contributed by atoms with Crippen molar-refractivity contribution in [2.24, 2.45) is 17.3 Å². The van der Waals surface area contributed by atoms with Gasteiger partial charge in [0, 0.05) is 0 Å². The van der Waals surface area contributed by atoms with E-state index < -0.39 is 0 Å². The molecule has 2 rings (SSSR count). The Kier molecular flexibility index (Phi) is 2.18. The highest BCUT2D eigenvalue weighted by Gasteiger charge is 2.55. The molecule has 0 bridgehead atoms. The zero-order chi connectivity index (χ0) is 8.60. The van der Waals surface area contributed by atoms with Crippen LogP contribution in [0.5, 0.6) is 0 Å². The Hall–Kier alpha value is 0. The molecule has 12 heavy (non-hydrogen) atoms. The molecule has 0 nitrogen and oxygen atoms in total. The van der Waals surface area contributed by atoms with Gasteiger partial charge in [-0.05, 0) is 36.5 Å². The molecule has 0 saturated heterocycles. The van der Waals surface area contributed by atoms with E-state index in [9.17, 15) is 0 Å². The van der Waals surface area contributed by atoms with Gasteiger partial charge in [0.25, 0.3) is 0 Å². The largest absolute Gasteiger partial charge is 0.0651 e. The summed E-state index contributed by atoms with van der Waals surface area (Å²) in [6, 6.07) is 0. The molecule has 2 aliphatic carbocycles. The Morgan fingerprint density at radius 1 is 1.33 bits per heavy atom. The molecule has 0 aromatic carbocycles. The molecule has 0 spiro atoms. The molecule has 3 unspecified atom stereocenters. The van der Waals surface area contributed by atoms with E-state index in [1.54, 1.807) is 19.3 Å². The van der Waals surface area contributed by atoms with Crippen LogP contribution in [0.15, 0.2) is 0 Å². The van der Waals surface area contributed by atoms with Gasteiger partial charge in [-0.1, -0.05) is 39.5 Å². The fraction of sp³-hybridized carbons (Fsp3) is 1.00. The highest BCUT2D eigenvalue weighted by atomic mass is 14.6. The summed E-state index contributed by atoms with van der Waals surface area (Å²) in [6.07, 6.45) is 10.6. The highest BCUT2D eigenvalue weighted by Crippen LogP contribution is 2.64. The van der Waals surface area contributed by atoms with Gasteiger partial charge in [0.15, 0.2) is 0 Å². The van der Waals surface area contributed by atoms with E-state index in [2.05, 4.69) is 13.8 Å². The Morgan fingerprint density at radius 2 is 2.17 bits per heavy atom. The number of fused-ring (bicyclic) bond motifs is 1. The van der Waals surface area contributed by atoms with E-state index in [1.807, 2.05) is 0 Å². The average Bonchev–Trinajstić information content (AvgIpc) is 2.76. The summed E-state index contributed by atoms with van der Waals surface area (Å²) in [7, 11) is 0. The van der Waals surface area contributed by atoms with Gasteiger partial charge in [-0.3, -0.25) is 0 Å². The molecule has 0 aliphatic heterocycles. The summed E-state index contributed by atoms with van der Waals surface area (Å²) in [4.78, 5) is 0. The van der Waals surface area contributed by atoms with Crippen LogP contribution in [-0.2, 0) is 0 Å². The van der Waals surface area contributed by atoms with Crippen molar-refractivity contribution in [1.29, 1.82) is 0 Å². The SMILES string of the molecule is CCC(C)C12CCCCCC1C2. The first kappa shape index (κ1) is 8.59. The van der Waals surface area contributed by atoms with Gasteiger partial charge in [-0.2, -0.15) is 0 Å². The van der Waals surface area contributed by atoms with E-state index in [-0.39, 0.29) is 0 Å². The van der Waals surface area contributed by atoms with E-state index in [0.717, 1.165) is 17.3 Å². The van der Waals surface area contributed by atoms with Gasteiger partial charge in [-0.25, -0.2) is 0 Å². The van der Waals surface area contributed by atoms with Gasteiger partial charge in [0.05, 0.1) is 0 Å². The van der Waals surface area contributed by atoms with E-state index in [0.29, 0.717) is 0 Å². The average molecular weight is 166 g/mol. The first-order chi connectivity index (χ1) is 5.79. The third kappa shape index (κ3) is 1.20. The van der Waals surface area contributed by atoms with E-state index in [4.69, 9.17) is 0 Å². The van der Waals surface area contributed by atoms with Crippen LogP contribution in [0.4, 0.5) is 0 Å². The minimum absolute atomic E-state index is 0.839. The maximum absolute atomic E-state index is 2.48. The van der Waals surface area contributed by atoms with Gasteiger partial charge in [0.1, 0.15) is 0 Å². The molecule has 2 aliphatic rings. The Balaban J connectivity index is 2.01. The maximum Gasteiger partial charge on any atom is -0.0241 e. The van der Waals surface area contributed by atoms with Gasteiger partial charge in [0.2, 0.25) is 0 Å². The molecular formula is C12H22. The predicted octanol–water partition coefficient (Wildman–Crippen LogP) is 4.00. The molecule has 0 radical (unpaired) electrons. The number of hydrogen-bond acceptors (Lipinski definition) is 0. The zero-order valence-electron chi connectivity index (χ0n) is 8.60. The molecule has 0 amide bonds. The third-order valence-corrected chi connectivity index (χ3v) is 4.57. The fourth-order valence-corrected chi connectivity index (χ4v) is 3.37. The highest BCUT2D eigenvalue weighted by molar-refractivity contribution is 5.05. The van der Waals surface area contributed by atoms with Crippen molar-refractivity contribution in [2.45, 2.75) is 58.8 Å². The molecule has 3 atom stereocenters. The molecule has 0 heterocycles. The second kappa shape index (κ2) is 3.05. The Bertz CT molecular complexity index is 161. The van der Waals surface area contributed by atoms with Crippen molar-refractivity contribution in [3.63, 3.8) is 0 Å². The molecular weight excluding hydrogens is 144 g/mol. The van der Waals surface area contributed by atoms with Gasteiger partial charge in [-0.15, -0.1) is 0 Å². The van der Waals surface area contributed by atoms with Crippen LogP contribution in [0.1, 0.15) is 58.8 Å². The summed E-state index contributed by atoms with van der Waals surface area (Å²) in [5, 5.41) is 0. The lowest BCUT2D eigenvalue weighted by molar-refractivity contribution is 0.274. The quantitative estimate of drug-likeness (QED) is 0.581. The predicted molar refractivity (Wildman–Crippen MR) is 53.1 cm³/mol. The Labute approximate surface area is 76.7 Å². The topological polar surface area (TPSA) is 0 Å². The summed E-state index contributed by atoms with van der Waals surface area (Å²) in [5.74, 6) is 2.13. The van der Waals surface area contributed by atoms with Crippen LogP contribution >= 0.6 is 0 Å². The van der Waals surface area contributed by atoms with E-state index in [1.165, 1.54) is 25.7 Å². The van der Waals surface area contributed by atoms with Crippen LogP contribution in [0.3, 0.4) is 0 Å². The summed E-state index contributed by atoms with van der Waals surface area (Å²) in [5.41, 5.74) is 0.839. The second-order valence-electron chi connectivity index (χ2n) is 5.04. The summed E-state index contributed by atoms with van der Waals surface area (Å²) < 4.78 is 0. The lowest BCUT2D eigenvalue weighted by Gasteiger charge is -2.22. The summed E-state index contributed by atoms with van der Waals surface area (Å²) in [6.45, 7) is 4.84. The van der Waals surface area contributed by atoms with Crippen molar-refractivity contribution in [3.05, 3.63) is 0 Å².